The number of rotatable bonds is 12. The molecule has 0 bridgehead atoms. The molecular formula is C31H33N3O5. The van der Waals surface area contributed by atoms with Gasteiger partial charge in [-0.1, -0.05) is 80.6 Å². The molecule has 8 heteroatoms. The van der Waals surface area contributed by atoms with Crippen LogP contribution in [0, 0.1) is 5.92 Å². The number of Topliss-reactive ketones (excluding diaryl/α,β-unsaturated/α-hetero) is 1. The molecule has 1 unspecified atom stereocenters. The zero-order chi connectivity index (χ0) is 27.8. The van der Waals surface area contributed by atoms with Gasteiger partial charge in [0.05, 0.1) is 0 Å². The molecular weight excluding hydrogens is 494 g/mol. The van der Waals surface area contributed by atoms with Gasteiger partial charge in [0.15, 0.2) is 11.4 Å². The molecule has 1 atom stereocenters. The lowest BCUT2D eigenvalue weighted by atomic mass is 9.93. The highest BCUT2D eigenvalue weighted by atomic mass is 16.5. The number of nitrogens with zero attached hydrogens (tertiary/aromatic N) is 2. The summed E-state index contributed by atoms with van der Waals surface area (Å²) >= 11 is 0. The Morgan fingerprint density at radius 3 is 2.26 bits per heavy atom. The lowest BCUT2D eigenvalue weighted by Gasteiger charge is -2.32. The maximum absolute atomic E-state index is 13.5. The van der Waals surface area contributed by atoms with Crippen LogP contribution >= 0.6 is 0 Å². The summed E-state index contributed by atoms with van der Waals surface area (Å²) in [5, 5.41) is 7.20. The average Bonchev–Trinajstić information content (AvgIpc) is 3.32. The van der Waals surface area contributed by atoms with Crippen molar-refractivity contribution >= 4 is 11.7 Å². The molecule has 1 amide bonds. The Kier molecular flexibility index (Phi) is 8.76. The minimum absolute atomic E-state index is 0.0499. The van der Waals surface area contributed by atoms with Crippen LogP contribution in [0.15, 0.2) is 94.1 Å². The van der Waals surface area contributed by atoms with E-state index in [9.17, 15) is 14.4 Å². The van der Waals surface area contributed by atoms with Crippen molar-refractivity contribution in [3.8, 4) is 5.75 Å². The fourth-order valence-electron chi connectivity index (χ4n) is 4.45. The van der Waals surface area contributed by atoms with Crippen LogP contribution in [0.4, 0.5) is 0 Å². The molecule has 0 fully saturated rings. The first-order valence-corrected chi connectivity index (χ1v) is 13.0. The number of carbonyl (C=O) groups excluding carboxylic acids is 2. The molecule has 1 N–H and O–H groups in total. The highest BCUT2D eigenvalue weighted by Crippen LogP contribution is 2.24. The van der Waals surface area contributed by atoms with E-state index in [-0.39, 0.29) is 23.8 Å². The van der Waals surface area contributed by atoms with E-state index in [1.165, 1.54) is 6.92 Å². The molecule has 4 rings (SSSR count). The number of ketones is 1. The summed E-state index contributed by atoms with van der Waals surface area (Å²) in [5.41, 5.74) is 0.638. The Bertz CT molecular complexity index is 1460. The van der Waals surface area contributed by atoms with Crippen molar-refractivity contribution in [2.75, 3.05) is 0 Å². The minimum atomic E-state index is -1.71. The Balaban J connectivity index is 1.58. The number of hydrogen-bond acceptors (Lipinski definition) is 6. The molecule has 1 aromatic heterocycles. The molecule has 8 nitrogen and oxygen atoms in total. The van der Waals surface area contributed by atoms with Crippen LogP contribution in [0.5, 0.6) is 5.75 Å². The second-order valence-corrected chi connectivity index (χ2v) is 9.93. The number of carbonyl (C=O) groups is 2. The maximum Gasteiger partial charge on any atom is 0.439 e. The molecule has 0 saturated heterocycles. The molecule has 0 saturated carbocycles. The molecule has 0 aliphatic carbocycles. The van der Waals surface area contributed by atoms with Crippen molar-refractivity contribution in [3.05, 3.63) is 118 Å². The zero-order valence-corrected chi connectivity index (χ0v) is 22.4. The summed E-state index contributed by atoms with van der Waals surface area (Å²) in [6.45, 7) is 5.50. The van der Waals surface area contributed by atoms with Crippen LogP contribution in [-0.2, 0) is 29.9 Å². The third-order valence-corrected chi connectivity index (χ3v) is 6.37. The number of benzene rings is 3. The van der Waals surface area contributed by atoms with Gasteiger partial charge in [-0.3, -0.25) is 9.59 Å². The van der Waals surface area contributed by atoms with Crippen molar-refractivity contribution in [3.63, 3.8) is 0 Å². The fourth-order valence-corrected chi connectivity index (χ4v) is 4.45. The highest BCUT2D eigenvalue weighted by molar-refractivity contribution is 5.98. The van der Waals surface area contributed by atoms with Gasteiger partial charge in [0.1, 0.15) is 12.4 Å². The molecule has 0 aliphatic heterocycles. The van der Waals surface area contributed by atoms with Gasteiger partial charge in [-0.25, -0.2) is 4.79 Å². The summed E-state index contributed by atoms with van der Waals surface area (Å²) < 4.78 is 12.3. The first-order valence-electron chi connectivity index (χ1n) is 13.0. The number of amides is 1. The lowest BCUT2D eigenvalue weighted by Crippen LogP contribution is -2.59. The quantitative estimate of drug-likeness (QED) is 0.281. The van der Waals surface area contributed by atoms with E-state index in [1.54, 1.807) is 24.3 Å². The van der Waals surface area contributed by atoms with Gasteiger partial charge in [0.25, 0.3) is 5.91 Å². The first-order chi connectivity index (χ1) is 18.8. The van der Waals surface area contributed by atoms with E-state index in [1.807, 2.05) is 74.5 Å². The molecule has 202 valence electrons. The van der Waals surface area contributed by atoms with Crippen LogP contribution in [0.25, 0.3) is 0 Å². The van der Waals surface area contributed by atoms with Gasteiger partial charge >= 0.3 is 5.76 Å². The molecule has 0 aliphatic rings. The summed E-state index contributed by atoms with van der Waals surface area (Å²) in [7, 11) is 0. The van der Waals surface area contributed by atoms with E-state index in [4.69, 9.17) is 9.15 Å². The SMILES string of the molecule is CC(=O)C(CC(C)C)(NC(=O)c1cccc(OCc2ccccc2)c1)n1nc(CCc2ccccc2)oc1=O. The monoisotopic (exact) mass is 527 g/mol. The molecule has 0 radical (unpaired) electrons. The molecule has 0 spiro atoms. The third kappa shape index (κ3) is 6.90. The Morgan fingerprint density at radius 1 is 0.949 bits per heavy atom. The predicted molar refractivity (Wildman–Crippen MR) is 147 cm³/mol. The standard InChI is InChI=1S/C31H33N3O5/c1-22(2)20-31(23(3)35,34-30(37)39-28(33-34)18-17-24-11-6-4-7-12-24)32-29(36)26-15-10-16-27(19-26)38-21-25-13-8-5-9-14-25/h4-16,19,22H,17-18,20-21H2,1-3H3,(H,32,36). The second-order valence-electron chi connectivity index (χ2n) is 9.93. The number of hydrogen-bond donors (Lipinski definition) is 1. The summed E-state index contributed by atoms with van der Waals surface area (Å²) in [6.07, 6.45) is 1.14. The normalized spacial score (nSPS) is 12.6. The number of nitrogens with one attached hydrogen (secondary N) is 1. The minimum Gasteiger partial charge on any atom is -0.489 e. The molecule has 39 heavy (non-hydrogen) atoms. The zero-order valence-electron chi connectivity index (χ0n) is 22.4. The van der Waals surface area contributed by atoms with Gasteiger partial charge < -0.3 is 14.5 Å². The fraction of sp³-hybridized carbons (Fsp3) is 0.290. The third-order valence-electron chi connectivity index (χ3n) is 6.37. The summed E-state index contributed by atoms with van der Waals surface area (Å²) in [6, 6.07) is 26.1. The topological polar surface area (TPSA) is 103 Å². The van der Waals surface area contributed by atoms with Crippen molar-refractivity contribution in [1.29, 1.82) is 0 Å². The Hall–Kier alpha value is -4.46. The van der Waals surface area contributed by atoms with Crippen LogP contribution in [0.3, 0.4) is 0 Å². The van der Waals surface area contributed by atoms with Gasteiger partial charge in [-0.05, 0) is 48.6 Å². The van der Waals surface area contributed by atoms with Crippen molar-refractivity contribution in [2.45, 2.75) is 52.3 Å². The average molecular weight is 528 g/mol. The number of ether oxygens (including phenoxy) is 1. The summed E-state index contributed by atoms with van der Waals surface area (Å²) in [4.78, 5) is 39.6. The second kappa shape index (κ2) is 12.4. The van der Waals surface area contributed by atoms with Gasteiger partial charge in [-0.15, -0.1) is 5.10 Å². The van der Waals surface area contributed by atoms with E-state index >= 15 is 0 Å². The largest absolute Gasteiger partial charge is 0.489 e. The van der Waals surface area contributed by atoms with Crippen molar-refractivity contribution in [2.24, 2.45) is 5.92 Å². The molecule has 3 aromatic carbocycles. The van der Waals surface area contributed by atoms with Crippen molar-refractivity contribution < 1.29 is 18.7 Å². The predicted octanol–water partition coefficient (Wildman–Crippen LogP) is 4.92. The Labute approximate surface area is 227 Å². The van der Waals surface area contributed by atoms with Gasteiger partial charge in [0.2, 0.25) is 5.89 Å². The van der Waals surface area contributed by atoms with E-state index in [0.29, 0.717) is 25.2 Å². The smallest absolute Gasteiger partial charge is 0.439 e. The summed E-state index contributed by atoms with van der Waals surface area (Å²) in [5.74, 6) is -1.10. The Morgan fingerprint density at radius 2 is 1.62 bits per heavy atom. The van der Waals surface area contributed by atoms with Crippen LogP contribution in [0.2, 0.25) is 0 Å². The highest BCUT2D eigenvalue weighted by Gasteiger charge is 2.43. The van der Waals surface area contributed by atoms with Crippen molar-refractivity contribution in [1.82, 2.24) is 15.1 Å². The van der Waals surface area contributed by atoms with Crippen LogP contribution in [0.1, 0.15) is 54.6 Å². The van der Waals surface area contributed by atoms with E-state index in [0.717, 1.165) is 15.8 Å². The first kappa shape index (κ1) is 27.6. The van der Waals surface area contributed by atoms with Crippen LogP contribution < -0.4 is 15.8 Å². The molecule has 1 heterocycles. The van der Waals surface area contributed by atoms with Gasteiger partial charge in [-0.2, -0.15) is 4.68 Å². The van der Waals surface area contributed by atoms with E-state index in [2.05, 4.69) is 10.4 Å². The van der Waals surface area contributed by atoms with E-state index < -0.39 is 23.1 Å². The molecule has 4 aromatic rings. The number of aromatic nitrogens is 2. The van der Waals surface area contributed by atoms with Gasteiger partial charge in [0, 0.05) is 18.4 Å². The maximum atomic E-state index is 13.5. The van der Waals surface area contributed by atoms with Crippen LogP contribution in [-0.4, -0.2) is 21.5 Å². The lowest BCUT2D eigenvalue weighted by molar-refractivity contribution is -0.128. The number of aryl methyl sites for hydroxylation is 2.